The molecule has 7 nitrogen and oxygen atoms in total. The summed E-state index contributed by atoms with van der Waals surface area (Å²) in [4.78, 5) is 10.9. The Kier molecular flexibility index (Phi) is 6.51. The number of benzene rings is 1. The van der Waals surface area contributed by atoms with Crippen LogP contribution in [0, 0.1) is 5.41 Å². The summed E-state index contributed by atoms with van der Waals surface area (Å²) in [5.41, 5.74) is 1.49. The molecule has 2 atom stereocenters. The maximum atomic E-state index is 12.9. The molecule has 1 spiro atoms. The average molecular weight is 541 g/mol. The molecule has 0 N–H and O–H groups in total. The Balaban J connectivity index is 0.981. The van der Waals surface area contributed by atoms with Gasteiger partial charge in [0.15, 0.2) is 10.9 Å². The number of hydrogen-bond acceptors (Lipinski definition) is 7. The zero-order chi connectivity index (χ0) is 26.3. The molecular weight excluding hydrogens is 513 g/mol. The highest BCUT2D eigenvalue weighted by Crippen LogP contribution is 2.64. The molecule has 11 heteroatoms. The fourth-order valence-electron chi connectivity index (χ4n) is 5.46. The number of likely N-dealkylation sites (tertiary alicyclic amines) is 1. The summed E-state index contributed by atoms with van der Waals surface area (Å²) in [6.07, 6.45) is 3.96. The van der Waals surface area contributed by atoms with Crippen LogP contribution < -0.4 is 0 Å². The first-order chi connectivity index (χ1) is 18.3. The SMILES string of the molecule is Cn1c(SCCCN2CC[C@]3(C[C@@H]3c3ccc(C(F)(F)F)cc3)C2)nnc1-c1cnc(-c2cccnc2)o1. The van der Waals surface area contributed by atoms with Crippen LogP contribution in [0.2, 0.25) is 0 Å². The normalized spacial score (nSPS) is 21.4. The molecule has 0 amide bonds. The van der Waals surface area contributed by atoms with Crippen LogP contribution in [0.4, 0.5) is 13.2 Å². The summed E-state index contributed by atoms with van der Waals surface area (Å²) in [7, 11) is 1.92. The fraction of sp³-hybridized carbons (Fsp3) is 0.407. The van der Waals surface area contributed by atoms with Crippen molar-refractivity contribution in [3.8, 4) is 23.0 Å². The van der Waals surface area contributed by atoms with Gasteiger partial charge in [0, 0.05) is 31.7 Å². The minimum absolute atomic E-state index is 0.233. The van der Waals surface area contributed by atoms with E-state index in [2.05, 4.69) is 25.1 Å². The minimum Gasteiger partial charge on any atom is -0.433 e. The summed E-state index contributed by atoms with van der Waals surface area (Å²) in [5.74, 6) is 2.95. The van der Waals surface area contributed by atoms with Crippen molar-refractivity contribution in [1.29, 1.82) is 0 Å². The van der Waals surface area contributed by atoms with Gasteiger partial charge < -0.3 is 13.9 Å². The number of pyridine rings is 1. The van der Waals surface area contributed by atoms with Crippen LogP contribution in [-0.2, 0) is 13.2 Å². The number of alkyl halides is 3. The van der Waals surface area contributed by atoms with Gasteiger partial charge in [0.05, 0.1) is 17.3 Å². The molecule has 1 aromatic carbocycles. The van der Waals surface area contributed by atoms with E-state index in [4.69, 9.17) is 4.42 Å². The van der Waals surface area contributed by atoms with E-state index in [0.717, 1.165) is 60.9 Å². The first-order valence-electron chi connectivity index (χ1n) is 12.6. The van der Waals surface area contributed by atoms with Gasteiger partial charge in [-0.25, -0.2) is 4.98 Å². The molecule has 4 aromatic rings. The van der Waals surface area contributed by atoms with Gasteiger partial charge in [-0.05, 0) is 73.5 Å². The van der Waals surface area contributed by atoms with Crippen molar-refractivity contribution in [3.63, 3.8) is 0 Å². The van der Waals surface area contributed by atoms with Crippen LogP contribution in [0.3, 0.4) is 0 Å². The summed E-state index contributed by atoms with van der Waals surface area (Å²) in [5, 5.41) is 9.46. The Morgan fingerprint density at radius 1 is 1.13 bits per heavy atom. The van der Waals surface area contributed by atoms with E-state index in [-0.39, 0.29) is 5.41 Å². The van der Waals surface area contributed by atoms with Gasteiger partial charge >= 0.3 is 6.18 Å². The molecule has 1 saturated heterocycles. The van der Waals surface area contributed by atoms with Gasteiger partial charge in [-0.15, -0.1) is 10.2 Å². The molecule has 0 radical (unpaired) electrons. The number of halogens is 3. The van der Waals surface area contributed by atoms with Gasteiger partial charge in [0.25, 0.3) is 0 Å². The van der Waals surface area contributed by atoms with Crippen LogP contribution >= 0.6 is 11.8 Å². The monoisotopic (exact) mass is 540 g/mol. The van der Waals surface area contributed by atoms with Gasteiger partial charge in [0.2, 0.25) is 11.7 Å². The molecule has 1 aliphatic carbocycles. The molecule has 0 unspecified atom stereocenters. The first-order valence-corrected chi connectivity index (χ1v) is 13.6. The average Bonchev–Trinajstić information content (AvgIpc) is 3.25. The topological polar surface area (TPSA) is 72.9 Å². The van der Waals surface area contributed by atoms with Crippen molar-refractivity contribution in [2.24, 2.45) is 12.5 Å². The molecule has 4 heterocycles. The lowest BCUT2D eigenvalue weighted by molar-refractivity contribution is -0.137. The summed E-state index contributed by atoms with van der Waals surface area (Å²) in [6.45, 7) is 3.05. The van der Waals surface area contributed by atoms with E-state index >= 15 is 0 Å². The van der Waals surface area contributed by atoms with Crippen molar-refractivity contribution in [2.45, 2.75) is 36.5 Å². The first kappa shape index (κ1) is 25.1. The smallest absolute Gasteiger partial charge is 0.416 e. The maximum absolute atomic E-state index is 12.9. The van der Waals surface area contributed by atoms with E-state index in [0.29, 0.717) is 23.4 Å². The minimum atomic E-state index is -4.28. The molecule has 198 valence electrons. The Labute approximate surface area is 222 Å². The Morgan fingerprint density at radius 3 is 2.74 bits per heavy atom. The summed E-state index contributed by atoms with van der Waals surface area (Å²) in [6, 6.07) is 9.47. The van der Waals surface area contributed by atoms with Gasteiger partial charge in [-0.1, -0.05) is 23.9 Å². The second-order valence-corrected chi connectivity index (χ2v) is 11.2. The lowest BCUT2D eigenvalue weighted by Gasteiger charge is -2.16. The second-order valence-electron chi connectivity index (χ2n) is 10.1. The molecular formula is C27H27F3N6OS. The third-order valence-corrected chi connectivity index (χ3v) is 8.72. The molecule has 3 aromatic heterocycles. The summed E-state index contributed by atoms with van der Waals surface area (Å²) >= 11 is 1.66. The number of nitrogens with zero attached hydrogens (tertiary/aromatic N) is 6. The Bertz CT molecular complexity index is 1400. The van der Waals surface area contributed by atoms with Crippen molar-refractivity contribution in [2.75, 3.05) is 25.4 Å². The van der Waals surface area contributed by atoms with E-state index in [1.54, 1.807) is 42.5 Å². The Hall–Kier alpha value is -3.18. The van der Waals surface area contributed by atoms with E-state index in [9.17, 15) is 13.2 Å². The number of thioether (sulfide) groups is 1. The third kappa shape index (κ3) is 4.96. The predicted molar refractivity (Wildman–Crippen MR) is 137 cm³/mol. The van der Waals surface area contributed by atoms with Crippen LogP contribution in [0.5, 0.6) is 0 Å². The number of rotatable bonds is 8. The molecule has 1 aliphatic heterocycles. The third-order valence-electron chi connectivity index (χ3n) is 7.61. The number of aromatic nitrogens is 5. The van der Waals surface area contributed by atoms with Crippen molar-refractivity contribution >= 4 is 11.8 Å². The van der Waals surface area contributed by atoms with E-state index in [1.807, 2.05) is 23.7 Å². The molecule has 38 heavy (non-hydrogen) atoms. The largest absolute Gasteiger partial charge is 0.433 e. The second kappa shape index (κ2) is 9.85. The zero-order valence-corrected chi connectivity index (χ0v) is 21.7. The number of hydrogen-bond donors (Lipinski definition) is 0. The lowest BCUT2D eigenvalue weighted by Crippen LogP contribution is -2.23. The van der Waals surface area contributed by atoms with Gasteiger partial charge in [0.1, 0.15) is 0 Å². The molecule has 6 rings (SSSR count). The van der Waals surface area contributed by atoms with Crippen LogP contribution in [0.25, 0.3) is 23.0 Å². The van der Waals surface area contributed by atoms with E-state index in [1.165, 1.54) is 12.1 Å². The lowest BCUT2D eigenvalue weighted by atomic mass is 9.97. The molecule has 0 bridgehead atoms. The van der Waals surface area contributed by atoms with Gasteiger partial charge in [-0.3, -0.25) is 4.98 Å². The molecule has 2 fully saturated rings. The fourth-order valence-corrected chi connectivity index (χ4v) is 6.29. The van der Waals surface area contributed by atoms with Crippen molar-refractivity contribution in [1.82, 2.24) is 29.6 Å². The maximum Gasteiger partial charge on any atom is 0.416 e. The predicted octanol–water partition coefficient (Wildman–Crippen LogP) is 5.91. The van der Waals surface area contributed by atoms with Crippen LogP contribution in [0.1, 0.15) is 36.3 Å². The quantitative estimate of drug-likeness (QED) is 0.203. The van der Waals surface area contributed by atoms with Gasteiger partial charge in [-0.2, -0.15) is 13.2 Å². The van der Waals surface area contributed by atoms with Crippen LogP contribution in [-0.4, -0.2) is 55.0 Å². The highest BCUT2D eigenvalue weighted by molar-refractivity contribution is 7.99. The Morgan fingerprint density at radius 2 is 1.97 bits per heavy atom. The highest BCUT2D eigenvalue weighted by atomic mass is 32.2. The van der Waals surface area contributed by atoms with Crippen LogP contribution in [0.15, 0.2) is 64.6 Å². The zero-order valence-electron chi connectivity index (χ0n) is 20.9. The molecule has 1 saturated carbocycles. The van der Waals surface area contributed by atoms with Crippen molar-refractivity contribution in [3.05, 3.63) is 66.1 Å². The number of oxazole rings is 1. The standard InChI is InChI=1S/C27H27F3N6OS/c1-35-23(22-16-32-24(37-22)19-4-2-10-31-15-19)33-34-25(35)38-13-3-11-36-12-9-26(17-36)14-21(26)18-5-7-20(8-6-18)27(28,29)30/h2,4-8,10,15-16,21H,3,9,11-14,17H2,1H3/t21-,26+/m1/s1. The molecule has 2 aliphatic rings. The van der Waals surface area contributed by atoms with Crippen molar-refractivity contribution < 1.29 is 17.6 Å². The van der Waals surface area contributed by atoms with E-state index < -0.39 is 11.7 Å². The summed E-state index contributed by atoms with van der Waals surface area (Å²) < 4.78 is 46.4. The highest BCUT2D eigenvalue weighted by Gasteiger charge is 2.57.